The average Bonchev–Trinajstić information content (AvgIpc) is 3.81. The Hall–Kier alpha value is -8.00. The van der Waals surface area contributed by atoms with Crippen molar-refractivity contribution in [2.45, 2.75) is 5.41 Å². The second kappa shape index (κ2) is 13.5. The fourth-order valence-electron chi connectivity index (χ4n) is 11.1. The Bertz CT molecular complexity index is 3360. The fourth-order valence-corrected chi connectivity index (χ4v) is 11.1. The van der Waals surface area contributed by atoms with Crippen LogP contribution in [0.2, 0.25) is 0 Å². The zero-order chi connectivity index (χ0) is 40.8. The maximum Gasteiger partial charge on any atom is 0.0725 e. The third-order valence-electron chi connectivity index (χ3n) is 13.7. The third kappa shape index (κ3) is 4.91. The van der Waals surface area contributed by atoms with Crippen molar-refractivity contribution in [1.82, 2.24) is 0 Å². The highest BCUT2D eigenvalue weighted by Gasteiger charge is 2.51. The monoisotopic (exact) mass is 785 g/mol. The minimum absolute atomic E-state index is 0.393. The molecule has 0 atom stereocenters. The van der Waals surface area contributed by atoms with Gasteiger partial charge in [0.25, 0.3) is 0 Å². The van der Waals surface area contributed by atoms with Gasteiger partial charge in [-0.25, -0.2) is 0 Å². The molecular weight excluding hydrogens is 747 g/mol. The summed E-state index contributed by atoms with van der Waals surface area (Å²) in [7, 11) is 0. The number of anilines is 3. The van der Waals surface area contributed by atoms with Gasteiger partial charge < -0.3 is 4.90 Å². The van der Waals surface area contributed by atoms with E-state index in [-0.39, 0.29) is 0 Å². The van der Waals surface area contributed by atoms with Gasteiger partial charge in [-0.05, 0) is 137 Å². The fraction of sp³-hybridized carbons (Fsp3) is 0.0164. The molecule has 1 spiro atoms. The third-order valence-corrected chi connectivity index (χ3v) is 13.7. The molecule has 0 aromatic heterocycles. The molecule has 10 aromatic carbocycles. The van der Waals surface area contributed by atoms with Crippen LogP contribution < -0.4 is 4.90 Å². The van der Waals surface area contributed by atoms with Crippen molar-refractivity contribution in [1.29, 1.82) is 0 Å². The Labute approximate surface area is 362 Å². The Kier molecular flexibility index (Phi) is 7.59. The van der Waals surface area contributed by atoms with E-state index in [0.29, 0.717) is 0 Å². The SMILES string of the molecule is c1ccc(-c2ccc(N(c3ccc4c(c3)-c3ccccc3-c3ccccc3-c3ccccc3-4)c3ccc4c(c3)-c3ccccc3C43c4ccccc4-c4ccccc43)cc2)cc1. The van der Waals surface area contributed by atoms with Gasteiger partial charge in [0, 0.05) is 17.1 Å². The average molecular weight is 786 g/mol. The lowest BCUT2D eigenvalue weighted by atomic mass is 9.70. The van der Waals surface area contributed by atoms with E-state index in [1.165, 1.54) is 100 Å². The standard InChI is InChI=1S/C61H39N/c1-2-16-40(17-3-1)41-30-32-42(33-31-41)62(43-34-36-51-49-22-7-6-20-47(49)45-18-4-5-19-46(45)48-21-8-9-23-50(48)55(51)38-43)44-35-37-60-56(39-44)54-26-12-15-29-59(54)61(60)57-27-13-10-24-52(57)53-25-11-14-28-58(53)61/h1-39H. The largest absolute Gasteiger partial charge is 0.310 e. The van der Waals surface area contributed by atoms with E-state index in [2.05, 4.69) is 241 Å². The lowest BCUT2D eigenvalue weighted by Crippen LogP contribution is -2.25. The summed E-state index contributed by atoms with van der Waals surface area (Å²) >= 11 is 0. The molecule has 10 aromatic rings. The minimum Gasteiger partial charge on any atom is -0.310 e. The molecule has 0 unspecified atom stereocenters. The highest BCUT2D eigenvalue weighted by atomic mass is 15.1. The first-order valence-electron chi connectivity index (χ1n) is 21.6. The molecule has 0 heterocycles. The van der Waals surface area contributed by atoms with Crippen molar-refractivity contribution in [3.8, 4) is 77.9 Å². The second-order valence-electron chi connectivity index (χ2n) is 16.7. The van der Waals surface area contributed by atoms with Gasteiger partial charge in [0.15, 0.2) is 0 Å². The Morgan fingerprint density at radius 1 is 0.210 bits per heavy atom. The van der Waals surface area contributed by atoms with E-state index in [1.807, 2.05) is 0 Å². The van der Waals surface area contributed by atoms with Crippen LogP contribution in [-0.2, 0) is 5.41 Å². The van der Waals surface area contributed by atoms with E-state index in [1.54, 1.807) is 0 Å². The summed E-state index contributed by atoms with van der Waals surface area (Å²) in [4.78, 5) is 2.46. The maximum atomic E-state index is 2.46. The summed E-state index contributed by atoms with van der Waals surface area (Å²) in [5.41, 5.74) is 25.9. The summed E-state index contributed by atoms with van der Waals surface area (Å²) in [5, 5.41) is 0. The van der Waals surface area contributed by atoms with Gasteiger partial charge >= 0.3 is 0 Å². The first-order chi connectivity index (χ1) is 30.8. The molecule has 0 fully saturated rings. The van der Waals surface area contributed by atoms with Gasteiger partial charge in [-0.15, -0.1) is 0 Å². The van der Waals surface area contributed by atoms with Crippen LogP contribution in [0.25, 0.3) is 77.9 Å². The van der Waals surface area contributed by atoms with Crippen LogP contribution in [0.15, 0.2) is 237 Å². The van der Waals surface area contributed by atoms with Crippen LogP contribution >= 0.6 is 0 Å². The van der Waals surface area contributed by atoms with Crippen molar-refractivity contribution in [2.24, 2.45) is 0 Å². The summed E-state index contributed by atoms with van der Waals surface area (Å²) in [5.74, 6) is 0. The number of benzene rings is 10. The van der Waals surface area contributed by atoms with Crippen molar-refractivity contribution in [3.63, 3.8) is 0 Å². The Balaban J connectivity index is 1.05. The Morgan fingerprint density at radius 2 is 0.532 bits per heavy atom. The first-order valence-corrected chi connectivity index (χ1v) is 21.6. The number of nitrogens with zero attached hydrogens (tertiary/aromatic N) is 1. The van der Waals surface area contributed by atoms with E-state index in [0.717, 1.165) is 17.1 Å². The van der Waals surface area contributed by atoms with Gasteiger partial charge in [-0.2, -0.15) is 0 Å². The molecule has 1 nitrogen and oxygen atoms in total. The van der Waals surface area contributed by atoms with Gasteiger partial charge in [-0.3, -0.25) is 0 Å². The normalized spacial score (nSPS) is 13.0. The summed E-state index contributed by atoms with van der Waals surface area (Å²) in [6.45, 7) is 0. The maximum absolute atomic E-state index is 2.46. The van der Waals surface area contributed by atoms with Crippen LogP contribution in [0, 0.1) is 0 Å². The van der Waals surface area contributed by atoms with Gasteiger partial charge in [0.1, 0.15) is 0 Å². The van der Waals surface area contributed by atoms with Crippen molar-refractivity contribution in [3.05, 3.63) is 259 Å². The molecule has 13 rings (SSSR count). The van der Waals surface area contributed by atoms with Gasteiger partial charge in [-0.1, -0.05) is 200 Å². The summed E-state index contributed by atoms with van der Waals surface area (Å²) < 4.78 is 0. The molecule has 1 heteroatoms. The lowest BCUT2D eigenvalue weighted by Gasteiger charge is -2.31. The van der Waals surface area contributed by atoms with Gasteiger partial charge in [0.05, 0.1) is 5.41 Å². The van der Waals surface area contributed by atoms with Crippen LogP contribution in [0.5, 0.6) is 0 Å². The molecule has 3 aliphatic carbocycles. The molecule has 0 saturated carbocycles. The topological polar surface area (TPSA) is 3.24 Å². The zero-order valence-electron chi connectivity index (χ0n) is 34.0. The molecule has 3 aliphatic rings. The van der Waals surface area contributed by atoms with E-state index >= 15 is 0 Å². The predicted octanol–water partition coefficient (Wildman–Crippen LogP) is 16.1. The quantitative estimate of drug-likeness (QED) is 0.172. The summed E-state index contributed by atoms with van der Waals surface area (Å²) in [6.07, 6.45) is 0. The highest BCUT2D eigenvalue weighted by Crippen LogP contribution is 2.63. The minimum atomic E-state index is -0.393. The molecule has 0 saturated heterocycles. The Morgan fingerprint density at radius 3 is 1.03 bits per heavy atom. The second-order valence-corrected chi connectivity index (χ2v) is 16.7. The van der Waals surface area contributed by atoms with Crippen LogP contribution in [-0.4, -0.2) is 0 Å². The van der Waals surface area contributed by atoms with Crippen molar-refractivity contribution >= 4 is 17.1 Å². The smallest absolute Gasteiger partial charge is 0.0725 e. The molecule has 0 bridgehead atoms. The number of fused-ring (bicyclic) bond motifs is 18. The molecule has 288 valence electrons. The van der Waals surface area contributed by atoms with E-state index in [4.69, 9.17) is 0 Å². The molecule has 0 N–H and O–H groups in total. The highest BCUT2D eigenvalue weighted by molar-refractivity contribution is 6.04. The zero-order valence-corrected chi connectivity index (χ0v) is 34.0. The number of hydrogen-bond acceptors (Lipinski definition) is 1. The molecule has 62 heavy (non-hydrogen) atoms. The van der Waals surface area contributed by atoms with Gasteiger partial charge in [0.2, 0.25) is 0 Å². The molecule has 0 aliphatic heterocycles. The van der Waals surface area contributed by atoms with Crippen LogP contribution in [0.3, 0.4) is 0 Å². The number of hydrogen-bond donors (Lipinski definition) is 0. The van der Waals surface area contributed by atoms with Crippen LogP contribution in [0.4, 0.5) is 17.1 Å². The molecule has 0 amide bonds. The molecule has 0 radical (unpaired) electrons. The first kappa shape index (κ1) is 34.8. The van der Waals surface area contributed by atoms with E-state index < -0.39 is 5.41 Å². The van der Waals surface area contributed by atoms with Crippen LogP contribution in [0.1, 0.15) is 22.3 Å². The molecular formula is C61H39N. The van der Waals surface area contributed by atoms with Crippen molar-refractivity contribution in [2.75, 3.05) is 4.90 Å². The number of rotatable bonds is 4. The van der Waals surface area contributed by atoms with E-state index in [9.17, 15) is 0 Å². The predicted molar refractivity (Wildman–Crippen MR) is 258 cm³/mol. The lowest BCUT2D eigenvalue weighted by molar-refractivity contribution is 0.794. The summed E-state index contributed by atoms with van der Waals surface area (Å²) in [6, 6.07) is 87.9. The van der Waals surface area contributed by atoms with Crippen molar-refractivity contribution < 1.29 is 0 Å².